The predicted octanol–water partition coefficient (Wildman–Crippen LogP) is 1.14. The van der Waals surface area contributed by atoms with E-state index in [4.69, 9.17) is 15.7 Å². The summed E-state index contributed by atoms with van der Waals surface area (Å²) in [6.07, 6.45) is -3.54. The zero-order valence-electron chi connectivity index (χ0n) is 9.49. The van der Waals surface area contributed by atoms with E-state index in [0.717, 1.165) is 6.42 Å². The fourth-order valence-electron chi connectivity index (χ4n) is 1.38. The van der Waals surface area contributed by atoms with Crippen LogP contribution < -0.4 is 5.84 Å². The Morgan fingerprint density at radius 2 is 1.94 bits per heavy atom. The molecule has 1 heterocycles. The minimum absolute atomic E-state index is 0.0821. The highest BCUT2D eigenvalue weighted by Gasteiger charge is 2.38. The molecule has 0 aromatic heterocycles. The second-order valence-corrected chi connectivity index (χ2v) is 3.95. The quantitative estimate of drug-likeness (QED) is 0.544. The Morgan fingerprint density at radius 1 is 1.53 bits per heavy atom. The van der Waals surface area contributed by atoms with E-state index in [1.165, 1.54) is 5.01 Å². The van der Waals surface area contributed by atoms with Crippen molar-refractivity contribution in [1.29, 1.82) is 0 Å². The molecule has 8 heteroatoms. The molecule has 0 radical (unpaired) electrons. The predicted molar refractivity (Wildman–Crippen MR) is 52.6 cm³/mol. The van der Waals surface area contributed by atoms with Crippen LogP contribution in [0.15, 0.2) is 0 Å². The van der Waals surface area contributed by atoms with E-state index in [1.54, 1.807) is 0 Å². The summed E-state index contributed by atoms with van der Waals surface area (Å²) in [6, 6.07) is 0.271. The molecule has 0 bridgehead atoms. The van der Waals surface area contributed by atoms with Crippen molar-refractivity contribution < 1.29 is 27.9 Å². The average Bonchev–Trinajstić information content (AvgIpc) is 2.46. The van der Waals surface area contributed by atoms with Crippen LogP contribution in [0.4, 0.5) is 13.2 Å². The lowest BCUT2D eigenvalue weighted by molar-refractivity contribution is -0.192. The topological polar surface area (TPSA) is 83.6 Å². The van der Waals surface area contributed by atoms with E-state index >= 15 is 0 Å². The highest BCUT2D eigenvalue weighted by atomic mass is 19.4. The number of carbonyl (C=O) groups is 2. The Balaban J connectivity index is 0.000000325. The lowest BCUT2D eigenvalue weighted by atomic mass is 10.0. The van der Waals surface area contributed by atoms with E-state index in [2.05, 4.69) is 13.8 Å². The number of carbonyl (C=O) groups excluding carboxylic acids is 1. The third-order valence-corrected chi connectivity index (χ3v) is 2.31. The molecule has 5 nitrogen and oxygen atoms in total. The van der Waals surface area contributed by atoms with Crippen molar-refractivity contribution in [1.82, 2.24) is 5.01 Å². The van der Waals surface area contributed by atoms with E-state index in [-0.39, 0.29) is 11.9 Å². The number of nitrogens with two attached hydrogens (primary N) is 1. The summed E-state index contributed by atoms with van der Waals surface area (Å²) in [5.74, 6) is 3.32. The van der Waals surface area contributed by atoms with Gasteiger partial charge in [0.15, 0.2) is 0 Å². The number of hydrogen-bond acceptors (Lipinski definition) is 3. The van der Waals surface area contributed by atoms with Gasteiger partial charge in [-0.3, -0.25) is 9.80 Å². The Morgan fingerprint density at radius 3 is 2.06 bits per heavy atom. The molecule has 100 valence electrons. The summed E-state index contributed by atoms with van der Waals surface area (Å²) in [4.78, 5) is 19.8. The zero-order chi connectivity index (χ0) is 13.8. The SMILES string of the molecule is CC(C)C1CCC(=O)N1N.O=C(O)C(F)(F)F. The maximum absolute atomic E-state index is 10.9. The van der Waals surface area contributed by atoms with Gasteiger partial charge in [0.05, 0.1) is 6.04 Å². The zero-order valence-corrected chi connectivity index (χ0v) is 9.49. The Labute approximate surface area is 96.3 Å². The van der Waals surface area contributed by atoms with Crippen molar-refractivity contribution in [3.8, 4) is 0 Å². The highest BCUT2D eigenvalue weighted by molar-refractivity contribution is 5.78. The summed E-state index contributed by atoms with van der Waals surface area (Å²) in [7, 11) is 0. The first-order valence-electron chi connectivity index (χ1n) is 4.94. The Kier molecular flexibility index (Phi) is 5.40. The molecule has 1 rings (SSSR count). The number of halogens is 3. The number of amides is 1. The Bertz CT molecular complexity index is 292. The van der Waals surface area contributed by atoms with Gasteiger partial charge in [-0.15, -0.1) is 0 Å². The second-order valence-electron chi connectivity index (χ2n) is 3.95. The number of carboxylic acid groups (broad SMARTS) is 1. The third kappa shape index (κ3) is 5.03. The van der Waals surface area contributed by atoms with Crippen LogP contribution in [0, 0.1) is 5.92 Å². The molecule has 1 saturated heterocycles. The van der Waals surface area contributed by atoms with Crippen molar-refractivity contribution in [3.05, 3.63) is 0 Å². The first-order valence-corrected chi connectivity index (χ1v) is 4.94. The largest absolute Gasteiger partial charge is 0.490 e. The molecule has 0 aromatic carbocycles. The van der Waals surface area contributed by atoms with Crippen LogP contribution in [0.25, 0.3) is 0 Å². The van der Waals surface area contributed by atoms with Gasteiger partial charge in [-0.25, -0.2) is 10.6 Å². The lowest BCUT2D eigenvalue weighted by Gasteiger charge is -2.22. The van der Waals surface area contributed by atoms with E-state index in [0.29, 0.717) is 12.3 Å². The summed E-state index contributed by atoms with van der Waals surface area (Å²) in [5.41, 5.74) is 0. The summed E-state index contributed by atoms with van der Waals surface area (Å²) < 4.78 is 31.7. The smallest absolute Gasteiger partial charge is 0.475 e. The van der Waals surface area contributed by atoms with Gasteiger partial charge >= 0.3 is 12.1 Å². The lowest BCUT2D eigenvalue weighted by Crippen LogP contribution is -2.41. The fourth-order valence-corrected chi connectivity index (χ4v) is 1.38. The standard InChI is InChI=1S/C7H14N2O.C2HF3O2/c1-5(2)6-3-4-7(10)9(6)8;3-2(4,5)1(6)7/h5-6H,3-4,8H2,1-2H3;(H,6,7). The van der Waals surface area contributed by atoms with Crippen molar-refractivity contribution in [2.75, 3.05) is 0 Å². The maximum Gasteiger partial charge on any atom is 0.490 e. The fraction of sp³-hybridized carbons (Fsp3) is 0.778. The summed E-state index contributed by atoms with van der Waals surface area (Å²) in [5, 5.41) is 8.50. The minimum Gasteiger partial charge on any atom is -0.475 e. The number of alkyl halides is 3. The van der Waals surface area contributed by atoms with Gasteiger partial charge in [0.1, 0.15) is 0 Å². The number of carboxylic acids is 1. The number of hydrazine groups is 1. The molecular weight excluding hydrogens is 241 g/mol. The molecule has 1 unspecified atom stereocenters. The van der Waals surface area contributed by atoms with E-state index in [9.17, 15) is 18.0 Å². The summed E-state index contributed by atoms with van der Waals surface area (Å²) in [6.45, 7) is 4.17. The van der Waals surface area contributed by atoms with Gasteiger partial charge < -0.3 is 5.11 Å². The number of nitrogens with zero attached hydrogens (tertiary/aromatic N) is 1. The van der Waals surface area contributed by atoms with Crippen molar-refractivity contribution >= 4 is 11.9 Å². The molecule has 1 fully saturated rings. The highest BCUT2D eigenvalue weighted by Crippen LogP contribution is 2.20. The molecule has 0 spiro atoms. The molecule has 1 atom stereocenters. The molecule has 0 aromatic rings. The Hall–Kier alpha value is -1.31. The third-order valence-electron chi connectivity index (χ3n) is 2.31. The van der Waals surface area contributed by atoms with Crippen molar-refractivity contribution in [2.45, 2.75) is 38.9 Å². The molecule has 3 N–H and O–H groups in total. The summed E-state index contributed by atoms with van der Waals surface area (Å²) >= 11 is 0. The molecule has 0 aliphatic carbocycles. The van der Waals surface area contributed by atoms with Gasteiger partial charge in [-0.05, 0) is 12.3 Å². The van der Waals surface area contributed by atoms with Gasteiger partial charge in [-0.2, -0.15) is 13.2 Å². The molecule has 0 saturated carbocycles. The molecular formula is C9H15F3N2O3. The average molecular weight is 256 g/mol. The number of rotatable bonds is 1. The minimum atomic E-state index is -5.08. The molecule has 1 aliphatic rings. The molecule has 17 heavy (non-hydrogen) atoms. The van der Waals surface area contributed by atoms with Crippen LogP contribution in [0.3, 0.4) is 0 Å². The first kappa shape index (κ1) is 15.7. The van der Waals surface area contributed by atoms with E-state index in [1.807, 2.05) is 0 Å². The van der Waals surface area contributed by atoms with Gasteiger partial charge in [0.2, 0.25) is 5.91 Å². The van der Waals surface area contributed by atoms with Crippen LogP contribution >= 0.6 is 0 Å². The van der Waals surface area contributed by atoms with Crippen molar-refractivity contribution in [2.24, 2.45) is 11.8 Å². The van der Waals surface area contributed by atoms with Crippen molar-refractivity contribution in [3.63, 3.8) is 0 Å². The number of hydrogen-bond donors (Lipinski definition) is 2. The van der Waals surface area contributed by atoms with E-state index < -0.39 is 12.1 Å². The molecule has 1 amide bonds. The van der Waals surface area contributed by atoms with Crippen LogP contribution in [-0.2, 0) is 9.59 Å². The monoisotopic (exact) mass is 256 g/mol. The van der Waals surface area contributed by atoms with Crippen LogP contribution in [0.2, 0.25) is 0 Å². The van der Waals surface area contributed by atoms with Crippen LogP contribution in [-0.4, -0.2) is 34.2 Å². The normalized spacial score (nSPS) is 20.3. The first-order chi connectivity index (χ1) is 7.57. The van der Waals surface area contributed by atoms with Crippen LogP contribution in [0.1, 0.15) is 26.7 Å². The second kappa shape index (κ2) is 5.85. The molecule has 1 aliphatic heterocycles. The number of aliphatic carboxylic acids is 1. The van der Waals surface area contributed by atoms with Crippen LogP contribution in [0.5, 0.6) is 0 Å². The maximum atomic E-state index is 10.9. The van der Waals surface area contributed by atoms with Gasteiger partial charge in [0.25, 0.3) is 0 Å². The van der Waals surface area contributed by atoms with Gasteiger partial charge in [0, 0.05) is 6.42 Å². The van der Waals surface area contributed by atoms with Gasteiger partial charge in [-0.1, -0.05) is 13.8 Å².